The molecular formula is C9H10BrSi. The molecule has 0 spiro atoms. The monoisotopic (exact) mass is 225 g/mol. The fraction of sp³-hybridized carbons (Fsp3) is 0.333. The predicted octanol–water partition coefficient (Wildman–Crippen LogP) is 2.17. The van der Waals surface area contributed by atoms with Crippen molar-refractivity contribution in [3.63, 3.8) is 0 Å². The van der Waals surface area contributed by atoms with Gasteiger partial charge in [-0.2, -0.15) is 0 Å². The molecule has 0 nitrogen and oxygen atoms in total. The zero-order valence-electron chi connectivity index (χ0n) is 6.96. The summed E-state index contributed by atoms with van der Waals surface area (Å²) in [5, 5.41) is 1.20. The number of hydrogen-bond acceptors (Lipinski definition) is 0. The van der Waals surface area contributed by atoms with Crippen LogP contribution < -0.4 is 5.19 Å². The fourth-order valence-electron chi connectivity index (χ4n) is 1.16. The van der Waals surface area contributed by atoms with Crippen molar-refractivity contribution in [2.45, 2.75) is 20.8 Å². The Morgan fingerprint density at radius 3 is 2.27 bits per heavy atom. The molecule has 0 aromatic heterocycles. The van der Waals surface area contributed by atoms with Crippen molar-refractivity contribution >= 4 is 31.4 Å². The molecule has 1 aromatic rings. The Labute approximate surface area is 79.6 Å². The Morgan fingerprint density at radius 2 is 1.73 bits per heavy atom. The molecule has 0 aliphatic rings. The number of halogens is 1. The Hall–Kier alpha value is -0.0831. The van der Waals surface area contributed by atoms with Crippen LogP contribution in [0.15, 0.2) is 10.5 Å². The molecule has 1 rings (SSSR count). The third kappa shape index (κ3) is 1.57. The van der Waals surface area contributed by atoms with Crippen LogP contribution in [0.3, 0.4) is 0 Å². The van der Waals surface area contributed by atoms with Gasteiger partial charge in [0.15, 0.2) is 0 Å². The molecule has 1 aromatic carbocycles. The first-order chi connectivity index (χ1) is 5.04. The Morgan fingerprint density at radius 1 is 1.18 bits per heavy atom. The van der Waals surface area contributed by atoms with Gasteiger partial charge in [-0.1, -0.05) is 32.7 Å². The second-order valence-electron chi connectivity index (χ2n) is 2.82. The van der Waals surface area contributed by atoms with E-state index in [0.29, 0.717) is 0 Å². The van der Waals surface area contributed by atoms with Crippen molar-refractivity contribution in [2.75, 3.05) is 0 Å². The van der Waals surface area contributed by atoms with E-state index in [0.717, 1.165) is 0 Å². The summed E-state index contributed by atoms with van der Waals surface area (Å²) >= 11 is 3.53. The summed E-state index contributed by atoms with van der Waals surface area (Å²) in [6.45, 7) is 6.32. The molecule has 0 heterocycles. The summed E-state index contributed by atoms with van der Waals surface area (Å²) in [7, 11) is 3.58. The lowest BCUT2D eigenvalue weighted by Crippen LogP contribution is -2.12. The molecule has 0 aliphatic carbocycles. The van der Waals surface area contributed by atoms with E-state index in [1.807, 2.05) is 0 Å². The Bertz CT molecular complexity index is 266. The van der Waals surface area contributed by atoms with E-state index in [1.165, 1.54) is 26.3 Å². The lowest BCUT2D eigenvalue weighted by molar-refractivity contribution is 1.32. The van der Waals surface area contributed by atoms with Crippen LogP contribution in [0.2, 0.25) is 0 Å². The third-order valence-electron chi connectivity index (χ3n) is 1.88. The zero-order valence-corrected chi connectivity index (χ0v) is 9.54. The maximum Gasteiger partial charge on any atom is 0.0719 e. The molecule has 0 bridgehead atoms. The molecule has 0 saturated carbocycles. The molecule has 0 fully saturated rings. The molecule has 0 N–H and O–H groups in total. The van der Waals surface area contributed by atoms with Crippen LogP contribution >= 0.6 is 15.9 Å². The van der Waals surface area contributed by atoms with E-state index in [4.69, 9.17) is 0 Å². The largest absolute Gasteiger partial charge is 0.0719 e. The van der Waals surface area contributed by atoms with Crippen LogP contribution in [-0.4, -0.2) is 10.2 Å². The van der Waals surface area contributed by atoms with Crippen LogP contribution in [0.25, 0.3) is 0 Å². The minimum Gasteiger partial charge on any atom is -0.0605 e. The fourth-order valence-corrected chi connectivity index (χ4v) is 1.85. The highest BCUT2D eigenvalue weighted by Crippen LogP contribution is 2.19. The average Bonchev–Trinajstić information content (AvgIpc) is 1.97. The number of hydrogen-bond donors (Lipinski definition) is 0. The summed E-state index contributed by atoms with van der Waals surface area (Å²) < 4.78 is 1.20. The van der Waals surface area contributed by atoms with Gasteiger partial charge in [0.05, 0.1) is 10.2 Å². The van der Waals surface area contributed by atoms with Crippen molar-refractivity contribution in [1.29, 1.82) is 0 Å². The minimum absolute atomic E-state index is 1.20. The van der Waals surface area contributed by atoms with Crippen molar-refractivity contribution in [2.24, 2.45) is 0 Å². The molecule has 0 unspecified atom stereocenters. The predicted molar refractivity (Wildman–Crippen MR) is 53.7 cm³/mol. The van der Waals surface area contributed by atoms with Gasteiger partial charge in [-0.15, -0.1) is 0 Å². The molecule has 0 amide bonds. The first-order valence-corrected chi connectivity index (χ1v) is 4.81. The van der Waals surface area contributed by atoms with Gasteiger partial charge in [0.25, 0.3) is 0 Å². The highest BCUT2D eigenvalue weighted by Gasteiger charge is 2.03. The first-order valence-electron chi connectivity index (χ1n) is 3.52. The van der Waals surface area contributed by atoms with E-state index < -0.39 is 0 Å². The number of rotatable bonds is 0. The average molecular weight is 226 g/mol. The van der Waals surface area contributed by atoms with Crippen molar-refractivity contribution < 1.29 is 0 Å². The topological polar surface area (TPSA) is 0 Å². The van der Waals surface area contributed by atoms with Crippen LogP contribution in [0.4, 0.5) is 0 Å². The van der Waals surface area contributed by atoms with Crippen LogP contribution in [-0.2, 0) is 0 Å². The smallest absolute Gasteiger partial charge is 0.0605 e. The van der Waals surface area contributed by atoms with Gasteiger partial charge in [0.1, 0.15) is 0 Å². The highest BCUT2D eigenvalue weighted by atomic mass is 79.9. The molecule has 2 heteroatoms. The third-order valence-corrected chi connectivity index (χ3v) is 3.87. The van der Waals surface area contributed by atoms with E-state index in [1.54, 1.807) is 0 Å². The lowest BCUT2D eigenvalue weighted by atomic mass is 10.1. The normalized spacial score (nSPS) is 10.3. The maximum atomic E-state index is 3.58. The SMILES string of the molecule is Cc1cc(C)c(Br)c(C)c1[Si]. The van der Waals surface area contributed by atoms with Gasteiger partial charge < -0.3 is 0 Å². The van der Waals surface area contributed by atoms with Crippen LogP contribution in [0, 0.1) is 20.8 Å². The minimum atomic E-state index is 1.20. The van der Waals surface area contributed by atoms with Gasteiger partial charge >= 0.3 is 0 Å². The second-order valence-corrected chi connectivity index (χ2v) is 4.12. The van der Waals surface area contributed by atoms with Crippen LogP contribution in [0.1, 0.15) is 16.7 Å². The molecule has 57 valence electrons. The van der Waals surface area contributed by atoms with Crippen molar-refractivity contribution in [3.8, 4) is 0 Å². The maximum absolute atomic E-state index is 3.58. The van der Waals surface area contributed by atoms with Crippen molar-refractivity contribution in [1.82, 2.24) is 0 Å². The summed E-state index contributed by atoms with van der Waals surface area (Å²) in [6, 6.07) is 2.17. The van der Waals surface area contributed by atoms with Crippen LogP contribution in [0.5, 0.6) is 0 Å². The summed E-state index contributed by atoms with van der Waals surface area (Å²) in [5.41, 5.74) is 3.86. The van der Waals surface area contributed by atoms with Gasteiger partial charge in [0.2, 0.25) is 0 Å². The Balaban J connectivity index is 3.46. The van der Waals surface area contributed by atoms with E-state index in [2.05, 4.69) is 53.0 Å². The highest BCUT2D eigenvalue weighted by molar-refractivity contribution is 9.10. The number of benzene rings is 1. The molecule has 0 saturated heterocycles. The summed E-state index contributed by atoms with van der Waals surface area (Å²) in [5.74, 6) is 0. The Kier molecular flexibility index (Phi) is 2.55. The lowest BCUT2D eigenvalue weighted by Gasteiger charge is -2.09. The molecule has 0 aliphatic heterocycles. The summed E-state index contributed by atoms with van der Waals surface area (Å²) in [6.07, 6.45) is 0. The van der Waals surface area contributed by atoms with E-state index >= 15 is 0 Å². The quantitative estimate of drug-likeness (QED) is 0.595. The van der Waals surface area contributed by atoms with Gasteiger partial charge in [-0.05, 0) is 31.9 Å². The molecular weight excluding hydrogens is 216 g/mol. The molecule has 3 radical (unpaired) electrons. The standard InChI is InChI=1S/C9H10BrSi/c1-5-4-6(2)9(11)7(3)8(5)10/h4H,1-3H3. The first kappa shape index (κ1) is 9.01. The zero-order chi connectivity index (χ0) is 8.59. The molecule has 11 heavy (non-hydrogen) atoms. The van der Waals surface area contributed by atoms with Gasteiger partial charge in [-0.25, -0.2) is 0 Å². The second kappa shape index (κ2) is 3.11. The van der Waals surface area contributed by atoms with E-state index in [-0.39, 0.29) is 0 Å². The van der Waals surface area contributed by atoms with Gasteiger partial charge in [-0.3, -0.25) is 0 Å². The summed E-state index contributed by atoms with van der Waals surface area (Å²) in [4.78, 5) is 0. The van der Waals surface area contributed by atoms with Gasteiger partial charge in [0, 0.05) is 4.47 Å². The number of aryl methyl sites for hydroxylation is 2. The van der Waals surface area contributed by atoms with Crippen molar-refractivity contribution in [3.05, 3.63) is 27.2 Å². The molecule has 0 atom stereocenters. The van der Waals surface area contributed by atoms with E-state index in [9.17, 15) is 0 Å².